The second-order valence-electron chi connectivity index (χ2n) is 5.79. The molecule has 0 atom stereocenters. The van der Waals surface area contributed by atoms with Crippen LogP contribution in [0.4, 0.5) is 5.82 Å². The van der Waals surface area contributed by atoms with Gasteiger partial charge in [0.15, 0.2) is 0 Å². The van der Waals surface area contributed by atoms with Crippen LogP contribution in [0.2, 0.25) is 0 Å². The quantitative estimate of drug-likeness (QED) is 0.814. The molecule has 1 saturated heterocycles. The molecule has 3 rings (SSSR count). The average molecular weight is 290 g/mol. The summed E-state index contributed by atoms with van der Waals surface area (Å²) in [6.07, 6.45) is 3.64. The number of rotatable bonds is 5. The second-order valence-corrected chi connectivity index (χ2v) is 5.79. The number of ether oxygens (including phenoxy) is 1. The summed E-state index contributed by atoms with van der Waals surface area (Å²) in [5.41, 5.74) is 6.37. The molecule has 2 fully saturated rings. The highest BCUT2D eigenvalue weighted by atomic mass is 16.5. The number of pyridine rings is 1. The van der Waals surface area contributed by atoms with Crippen molar-refractivity contribution in [2.75, 3.05) is 37.7 Å². The van der Waals surface area contributed by atoms with E-state index in [1.165, 1.54) is 0 Å². The molecule has 0 radical (unpaired) electrons. The number of nitrogens with two attached hydrogens (primary N) is 1. The van der Waals surface area contributed by atoms with E-state index in [0.29, 0.717) is 13.1 Å². The normalized spacial score (nSPS) is 20.1. The fourth-order valence-electron chi connectivity index (χ4n) is 2.55. The van der Waals surface area contributed by atoms with Crippen LogP contribution < -0.4 is 16.0 Å². The molecule has 3 N–H and O–H groups in total. The van der Waals surface area contributed by atoms with Gasteiger partial charge in [0.2, 0.25) is 5.91 Å². The van der Waals surface area contributed by atoms with E-state index in [2.05, 4.69) is 15.2 Å². The molecule has 0 spiro atoms. The third kappa shape index (κ3) is 3.16. The highest BCUT2D eigenvalue weighted by Gasteiger charge is 2.48. The minimum absolute atomic E-state index is 0.0715. The molecule has 2 aliphatic rings. The lowest BCUT2D eigenvalue weighted by atomic mass is 10.1. The van der Waals surface area contributed by atoms with Gasteiger partial charge in [-0.1, -0.05) is 6.07 Å². The van der Waals surface area contributed by atoms with E-state index in [1.807, 2.05) is 18.3 Å². The van der Waals surface area contributed by atoms with E-state index in [0.717, 1.165) is 50.5 Å². The van der Waals surface area contributed by atoms with Crippen molar-refractivity contribution in [3.8, 4) is 0 Å². The monoisotopic (exact) mass is 290 g/mol. The highest BCUT2D eigenvalue weighted by Crippen LogP contribution is 2.44. The van der Waals surface area contributed by atoms with Gasteiger partial charge in [0.1, 0.15) is 5.82 Å². The molecule has 1 aromatic heterocycles. The van der Waals surface area contributed by atoms with Crippen LogP contribution in [0, 0.1) is 5.41 Å². The Kier molecular flexibility index (Phi) is 4.07. The summed E-state index contributed by atoms with van der Waals surface area (Å²) >= 11 is 0. The van der Waals surface area contributed by atoms with E-state index in [4.69, 9.17) is 10.5 Å². The molecule has 6 heteroatoms. The molecule has 0 unspecified atom stereocenters. The van der Waals surface area contributed by atoms with E-state index in [9.17, 15) is 4.79 Å². The number of carbonyl (C=O) groups is 1. The molecular weight excluding hydrogens is 268 g/mol. The van der Waals surface area contributed by atoms with Crippen molar-refractivity contribution in [3.63, 3.8) is 0 Å². The lowest BCUT2D eigenvalue weighted by Crippen LogP contribution is -2.37. The van der Waals surface area contributed by atoms with Crippen molar-refractivity contribution in [1.29, 1.82) is 0 Å². The SMILES string of the molecule is NCC1(C(=O)NCc2ccc(N3CCOCC3)nc2)CC1. The third-order valence-electron chi connectivity index (χ3n) is 4.32. The Morgan fingerprint density at radius 1 is 1.38 bits per heavy atom. The predicted octanol–water partition coefficient (Wildman–Crippen LogP) is 0.273. The molecular formula is C15H22N4O2. The second kappa shape index (κ2) is 5.99. The van der Waals surface area contributed by atoms with Crippen molar-refractivity contribution in [3.05, 3.63) is 23.9 Å². The van der Waals surface area contributed by atoms with Gasteiger partial charge in [-0.15, -0.1) is 0 Å². The third-order valence-corrected chi connectivity index (χ3v) is 4.32. The van der Waals surface area contributed by atoms with Crippen molar-refractivity contribution in [1.82, 2.24) is 10.3 Å². The number of anilines is 1. The topological polar surface area (TPSA) is 80.5 Å². The van der Waals surface area contributed by atoms with Crippen LogP contribution in [0.3, 0.4) is 0 Å². The molecule has 114 valence electrons. The van der Waals surface area contributed by atoms with Crippen LogP contribution >= 0.6 is 0 Å². The summed E-state index contributed by atoms with van der Waals surface area (Å²) in [4.78, 5) is 18.7. The fraction of sp³-hybridized carbons (Fsp3) is 0.600. The molecule has 6 nitrogen and oxygen atoms in total. The molecule has 1 aromatic rings. The number of morpholine rings is 1. The predicted molar refractivity (Wildman–Crippen MR) is 79.8 cm³/mol. The first-order chi connectivity index (χ1) is 10.2. The molecule has 2 heterocycles. The summed E-state index contributed by atoms with van der Waals surface area (Å²) in [5.74, 6) is 1.04. The Bertz CT molecular complexity index is 493. The van der Waals surface area contributed by atoms with Crippen LogP contribution in [0.1, 0.15) is 18.4 Å². The largest absolute Gasteiger partial charge is 0.378 e. The van der Waals surface area contributed by atoms with Gasteiger partial charge in [-0.25, -0.2) is 4.98 Å². The Hall–Kier alpha value is -1.66. The molecule has 1 saturated carbocycles. The minimum Gasteiger partial charge on any atom is -0.378 e. The summed E-state index contributed by atoms with van der Waals surface area (Å²) in [6, 6.07) is 4.02. The molecule has 0 aromatic carbocycles. The Balaban J connectivity index is 1.53. The van der Waals surface area contributed by atoms with Gasteiger partial charge < -0.3 is 20.7 Å². The van der Waals surface area contributed by atoms with E-state index < -0.39 is 0 Å². The zero-order valence-electron chi connectivity index (χ0n) is 12.2. The van der Waals surface area contributed by atoms with Gasteiger partial charge in [0.25, 0.3) is 0 Å². The Morgan fingerprint density at radius 3 is 2.71 bits per heavy atom. The van der Waals surface area contributed by atoms with Crippen LogP contribution in [0.25, 0.3) is 0 Å². The highest BCUT2D eigenvalue weighted by molar-refractivity contribution is 5.85. The molecule has 21 heavy (non-hydrogen) atoms. The maximum absolute atomic E-state index is 12.0. The van der Waals surface area contributed by atoms with E-state index in [-0.39, 0.29) is 11.3 Å². The minimum atomic E-state index is -0.291. The first kappa shape index (κ1) is 14.3. The van der Waals surface area contributed by atoms with Gasteiger partial charge >= 0.3 is 0 Å². The zero-order chi connectivity index (χ0) is 14.7. The van der Waals surface area contributed by atoms with Crippen LogP contribution in [-0.4, -0.2) is 43.7 Å². The summed E-state index contributed by atoms with van der Waals surface area (Å²) in [6.45, 7) is 4.20. The smallest absolute Gasteiger partial charge is 0.227 e. The van der Waals surface area contributed by atoms with Crippen molar-refractivity contribution < 1.29 is 9.53 Å². The molecule has 0 bridgehead atoms. The lowest BCUT2D eigenvalue weighted by molar-refractivity contribution is -0.126. The van der Waals surface area contributed by atoms with E-state index >= 15 is 0 Å². The standard InChI is InChI=1S/C15H22N4O2/c16-11-15(3-4-15)14(20)18-10-12-1-2-13(17-9-12)19-5-7-21-8-6-19/h1-2,9H,3-8,10-11,16H2,(H,18,20). The van der Waals surface area contributed by atoms with Gasteiger partial charge in [0, 0.05) is 32.4 Å². The van der Waals surface area contributed by atoms with Gasteiger partial charge in [-0.05, 0) is 24.5 Å². The first-order valence-electron chi connectivity index (χ1n) is 7.49. The van der Waals surface area contributed by atoms with Crippen LogP contribution in [0.5, 0.6) is 0 Å². The van der Waals surface area contributed by atoms with E-state index in [1.54, 1.807) is 0 Å². The molecule has 1 aliphatic carbocycles. The number of hydrogen-bond acceptors (Lipinski definition) is 5. The number of aromatic nitrogens is 1. The molecule has 1 amide bonds. The number of amides is 1. The van der Waals surface area contributed by atoms with Crippen molar-refractivity contribution in [2.24, 2.45) is 11.1 Å². The Morgan fingerprint density at radius 2 is 2.14 bits per heavy atom. The fourth-order valence-corrected chi connectivity index (χ4v) is 2.55. The number of carbonyl (C=O) groups excluding carboxylic acids is 1. The van der Waals surface area contributed by atoms with Crippen molar-refractivity contribution in [2.45, 2.75) is 19.4 Å². The maximum atomic E-state index is 12.0. The maximum Gasteiger partial charge on any atom is 0.227 e. The van der Waals surface area contributed by atoms with Crippen molar-refractivity contribution >= 4 is 11.7 Å². The zero-order valence-corrected chi connectivity index (χ0v) is 12.2. The van der Waals surface area contributed by atoms with Gasteiger partial charge in [0.05, 0.1) is 18.6 Å². The van der Waals surface area contributed by atoms with Gasteiger partial charge in [-0.2, -0.15) is 0 Å². The average Bonchev–Trinajstić information content (AvgIpc) is 3.35. The number of nitrogens with zero attached hydrogens (tertiary/aromatic N) is 2. The summed E-state index contributed by atoms with van der Waals surface area (Å²) in [7, 11) is 0. The first-order valence-corrected chi connectivity index (χ1v) is 7.49. The Labute approximate surface area is 124 Å². The van der Waals surface area contributed by atoms with Crippen LogP contribution in [0.15, 0.2) is 18.3 Å². The summed E-state index contributed by atoms with van der Waals surface area (Å²) in [5, 5.41) is 2.96. The number of nitrogens with one attached hydrogen (secondary N) is 1. The lowest BCUT2D eigenvalue weighted by Gasteiger charge is -2.27. The molecule has 1 aliphatic heterocycles. The number of hydrogen-bond donors (Lipinski definition) is 2. The van der Waals surface area contributed by atoms with Gasteiger partial charge in [-0.3, -0.25) is 4.79 Å². The summed E-state index contributed by atoms with van der Waals surface area (Å²) < 4.78 is 5.33. The van der Waals surface area contributed by atoms with Crippen LogP contribution in [-0.2, 0) is 16.1 Å².